The maximum Gasteiger partial charge on any atom is 0.272 e. The number of likely N-dealkylation sites (tertiary alicyclic amines) is 1. The second-order valence-corrected chi connectivity index (χ2v) is 8.43. The van der Waals surface area contributed by atoms with Crippen molar-refractivity contribution in [2.24, 2.45) is 0 Å². The SMILES string of the molecule is O=S(=O)(c1ccccc1)c1cnc2c(CN3CC(F)(F)C3)cccc2c1. The molecule has 1 aliphatic heterocycles. The number of para-hydroxylation sites is 1. The van der Waals surface area contributed by atoms with Crippen molar-refractivity contribution in [2.75, 3.05) is 13.1 Å². The smallest absolute Gasteiger partial charge is 0.272 e. The minimum Gasteiger partial charge on any atom is -0.287 e. The standard InChI is InChI=1S/C19H16F2N2O2S/c20-19(21)12-23(13-19)11-15-6-4-5-14-9-17(10-22-18(14)15)26(24,25)16-7-2-1-3-8-16/h1-10H,11-13H2. The van der Waals surface area contributed by atoms with Gasteiger partial charge >= 0.3 is 0 Å². The van der Waals surface area contributed by atoms with Gasteiger partial charge in [-0.3, -0.25) is 9.88 Å². The lowest BCUT2D eigenvalue weighted by Gasteiger charge is -2.38. The summed E-state index contributed by atoms with van der Waals surface area (Å²) in [5.74, 6) is -2.62. The number of benzene rings is 2. The molecule has 0 aliphatic carbocycles. The Morgan fingerprint density at radius 3 is 2.42 bits per heavy atom. The number of rotatable bonds is 4. The molecule has 2 aromatic carbocycles. The molecule has 1 aliphatic rings. The molecule has 1 saturated heterocycles. The van der Waals surface area contributed by atoms with Crippen LogP contribution < -0.4 is 0 Å². The van der Waals surface area contributed by atoms with E-state index in [9.17, 15) is 17.2 Å². The number of hydrogen-bond donors (Lipinski definition) is 0. The first kappa shape index (κ1) is 17.1. The molecule has 3 aromatic rings. The summed E-state index contributed by atoms with van der Waals surface area (Å²) in [4.78, 5) is 6.29. The predicted octanol–water partition coefficient (Wildman–Crippen LogP) is 3.52. The molecule has 7 heteroatoms. The van der Waals surface area contributed by atoms with E-state index in [1.54, 1.807) is 53.4 Å². The summed E-state index contributed by atoms with van der Waals surface area (Å²) in [6.07, 6.45) is 1.33. The van der Waals surface area contributed by atoms with Crippen molar-refractivity contribution in [3.63, 3.8) is 0 Å². The molecule has 4 nitrogen and oxygen atoms in total. The first-order valence-electron chi connectivity index (χ1n) is 8.13. The second kappa shape index (κ2) is 6.10. The molecule has 134 valence electrons. The number of fused-ring (bicyclic) bond motifs is 1. The zero-order valence-corrected chi connectivity index (χ0v) is 14.6. The van der Waals surface area contributed by atoms with E-state index in [1.807, 2.05) is 6.07 Å². The van der Waals surface area contributed by atoms with Gasteiger partial charge in [-0.25, -0.2) is 17.2 Å². The first-order chi connectivity index (χ1) is 12.4. The monoisotopic (exact) mass is 374 g/mol. The van der Waals surface area contributed by atoms with Gasteiger partial charge in [0.05, 0.1) is 28.4 Å². The van der Waals surface area contributed by atoms with Crippen molar-refractivity contribution in [3.05, 3.63) is 66.4 Å². The fraction of sp³-hybridized carbons (Fsp3) is 0.211. The van der Waals surface area contributed by atoms with Crippen LogP contribution in [0.1, 0.15) is 5.56 Å². The molecule has 0 radical (unpaired) electrons. The maximum atomic E-state index is 13.0. The van der Waals surface area contributed by atoms with Crippen LogP contribution in [-0.4, -0.2) is 37.3 Å². The van der Waals surface area contributed by atoms with Crippen LogP contribution in [0.25, 0.3) is 10.9 Å². The highest BCUT2D eigenvalue weighted by molar-refractivity contribution is 7.91. The molecule has 0 amide bonds. The van der Waals surface area contributed by atoms with Crippen molar-refractivity contribution < 1.29 is 17.2 Å². The number of nitrogens with zero attached hydrogens (tertiary/aromatic N) is 2. The molecule has 0 unspecified atom stereocenters. The minimum absolute atomic E-state index is 0.115. The summed E-state index contributed by atoms with van der Waals surface area (Å²) >= 11 is 0. The summed E-state index contributed by atoms with van der Waals surface area (Å²) in [7, 11) is -3.65. The van der Waals surface area contributed by atoms with Gasteiger partial charge in [-0.2, -0.15) is 0 Å². The molecule has 0 bridgehead atoms. The van der Waals surface area contributed by atoms with Gasteiger partial charge in [0.25, 0.3) is 5.92 Å². The lowest BCUT2D eigenvalue weighted by molar-refractivity contribution is -0.133. The summed E-state index contributed by atoms with van der Waals surface area (Å²) in [6, 6.07) is 15.2. The largest absolute Gasteiger partial charge is 0.287 e. The van der Waals surface area contributed by atoms with Gasteiger partial charge < -0.3 is 0 Å². The highest BCUT2D eigenvalue weighted by Gasteiger charge is 2.43. The van der Waals surface area contributed by atoms with E-state index in [0.29, 0.717) is 17.4 Å². The van der Waals surface area contributed by atoms with Crippen LogP contribution in [0.2, 0.25) is 0 Å². The van der Waals surface area contributed by atoms with E-state index in [-0.39, 0.29) is 22.9 Å². The third-order valence-electron chi connectivity index (χ3n) is 4.44. The Labute approximate surface area is 150 Å². The molecule has 4 rings (SSSR count). The van der Waals surface area contributed by atoms with E-state index >= 15 is 0 Å². The highest BCUT2D eigenvalue weighted by atomic mass is 32.2. The summed E-state index contributed by atoms with van der Waals surface area (Å²) in [5.41, 5.74) is 1.44. The van der Waals surface area contributed by atoms with E-state index in [1.165, 1.54) is 6.20 Å². The third kappa shape index (κ3) is 3.08. The zero-order chi connectivity index (χ0) is 18.4. The Balaban J connectivity index is 1.69. The number of aromatic nitrogens is 1. The van der Waals surface area contributed by atoms with Crippen molar-refractivity contribution >= 4 is 20.7 Å². The normalized spacial score (nSPS) is 17.2. The van der Waals surface area contributed by atoms with Crippen molar-refractivity contribution in [1.82, 2.24) is 9.88 Å². The number of alkyl halides is 2. The summed E-state index contributed by atoms with van der Waals surface area (Å²) < 4.78 is 51.5. The average molecular weight is 374 g/mol. The molecule has 0 atom stereocenters. The van der Waals surface area contributed by atoms with Crippen LogP contribution in [0, 0.1) is 0 Å². The van der Waals surface area contributed by atoms with E-state index in [4.69, 9.17) is 0 Å². The van der Waals surface area contributed by atoms with Gasteiger partial charge in [-0.15, -0.1) is 0 Å². The third-order valence-corrected chi connectivity index (χ3v) is 6.17. The summed E-state index contributed by atoms with van der Waals surface area (Å²) in [6.45, 7) is -0.154. The van der Waals surface area contributed by atoms with Crippen molar-refractivity contribution in [1.29, 1.82) is 0 Å². The molecule has 26 heavy (non-hydrogen) atoms. The molecule has 0 saturated carbocycles. The minimum atomic E-state index is -3.65. The van der Waals surface area contributed by atoms with E-state index in [0.717, 1.165) is 5.56 Å². The molecule has 2 heterocycles. The fourth-order valence-corrected chi connectivity index (χ4v) is 4.44. The average Bonchev–Trinajstić information content (AvgIpc) is 2.61. The Morgan fingerprint density at radius 2 is 1.73 bits per heavy atom. The second-order valence-electron chi connectivity index (χ2n) is 6.48. The fourth-order valence-electron chi connectivity index (χ4n) is 3.17. The maximum absolute atomic E-state index is 13.0. The van der Waals surface area contributed by atoms with Crippen LogP contribution in [0.4, 0.5) is 8.78 Å². The zero-order valence-electron chi connectivity index (χ0n) is 13.8. The molecular weight excluding hydrogens is 358 g/mol. The van der Waals surface area contributed by atoms with Gasteiger partial charge in [0.1, 0.15) is 0 Å². The van der Waals surface area contributed by atoms with E-state index in [2.05, 4.69) is 4.98 Å². The number of hydrogen-bond acceptors (Lipinski definition) is 4. The quantitative estimate of drug-likeness (QED) is 0.701. The van der Waals surface area contributed by atoms with Gasteiger partial charge in [0.15, 0.2) is 0 Å². The first-order valence-corrected chi connectivity index (χ1v) is 9.61. The van der Waals surface area contributed by atoms with Crippen LogP contribution in [0.3, 0.4) is 0 Å². The Hall–Kier alpha value is -2.38. The Bertz CT molecular complexity index is 1060. The Kier molecular flexibility index (Phi) is 4.00. The van der Waals surface area contributed by atoms with Crippen LogP contribution >= 0.6 is 0 Å². The van der Waals surface area contributed by atoms with Crippen LogP contribution in [-0.2, 0) is 16.4 Å². The topological polar surface area (TPSA) is 50.3 Å². The van der Waals surface area contributed by atoms with Crippen LogP contribution in [0.5, 0.6) is 0 Å². The summed E-state index contributed by atoms with van der Waals surface area (Å²) in [5, 5.41) is 0.673. The molecule has 1 fully saturated rings. The van der Waals surface area contributed by atoms with Gasteiger partial charge in [0, 0.05) is 18.1 Å². The van der Waals surface area contributed by atoms with Crippen molar-refractivity contribution in [2.45, 2.75) is 22.3 Å². The Morgan fingerprint density at radius 1 is 1.00 bits per heavy atom. The predicted molar refractivity (Wildman–Crippen MR) is 93.9 cm³/mol. The number of halogens is 2. The molecule has 0 spiro atoms. The van der Waals surface area contributed by atoms with Gasteiger partial charge in [0.2, 0.25) is 9.84 Å². The number of pyridine rings is 1. The number of sulfone groups is 1. The lowest BCUT2D eigenvalue weighted by Crippen LogP contribution is -2.55. The van der Waals surface area contributed by atoms with Crippen molar-refractivity contribution in [3.8, 4) is 0 Å². The molecule has 1 aromatic heterocycles. The van der Waals surface area contributed by atoms with Gasteiger partial charge in [-0.1, -0.05) is 36.4 Å². The van der Waals surface area contributed by atoms with Crippen LogP contribution in [0.15, 0.2) is 70.6 Å². The molecular formula is C19H16F2N2O2S. The molecule has 0 N–H and O–H groups in total. The van der Waals surface area contributed by atoms with Gasteiger partial charge in [-0.05, 0) is 23.8 Å². The highest BCUT2D eigenvalue weighted by Crippen LogP contribution is 2.30. The lowest BCUT2D eigenvalue weighted by atomic mass is 10.1. The van der Waals surface area contributed by atoms with E-state index < -0.39 is 15.8 Å².